The average Bonchev–Trinajstić information content (AvgIpc) is 3.05. The Morgan fingerprint density at radius 2 is 2.00 bits per heavy atom. The molecule has 2 N–H and O–H groups in total. The molecule has 0 fully saturated rings. The zero-order valence-electron chi connectivity index (χ0n) is 16.6. The Balaban J connectivity index is 1.74. The summed E-state index contributed by atoms with van der Waals surface area (Å²) in [5.41, 5.74) is 2.85. The van der Waals surface area contributed by atoms with Crippen LogP contribution in [0.5, 0.6) is 0 Å². The molecule has 1 aliphatic heterocycles. The van der Waals surface area contributed by atoms with Crippen LogP contribution in [-0.2, 0) is 34.2 Å². The Kier molecular flexibility index (Phi) is 5.78. The smallest absolute Gasteiger partial charge is 0.307 e. The first kappa shape index (κ1) is 21.4. The molecule has 0 saturated heterocycles. The molecule has 1 aliphatic rings. The number of aliphatic carboxylic acids is 1. The maximum absolute atomic E-state index is 13.3. The number of aliphatic hydroxyl groups excluding tert-OH is 1. The molecule has 10 heteroatoms. The highest BCUT2D eigenvalue weighted by atomic mass is 32.2. The number of halogens is 1. The van der Waals surface area contributed by atoms with E-state index in [9.17, 15) is 27.8 Å². The third-order valence-electron chi connectivity index (χ3n) is 5.62. The summed E-state index contributed by atoms with van der Waals surface area (Å²) < 4.78 is 43.0. The number of nitrogens with zero attached hydrogens (tertiary/aromatic N) is 3. The van der Waals surface area contributed by atoms with E-state index in [0.29, 0.717) is 30.5 Å². The monoisotopic (exact) mass is 447 g/mol. The molecule has 0 aliphatic carbocycles. The van der Waals surface area contributed by atoms with Crippen molar-refractivity contribution in [2.45, 2.75) is 36.7 Å². The number of carboxylic acids is 1. The van der Waals surface area contributed by atoms with Crippen molar-refractivity contribution in [3.63, 3.8) is 0 Å². The second-order valence-corrected chi connectivity index (χ2v) is 9.35. The number of aromatic nitrogens is 2. The van der Waals surface area contributed by atoms with Gasteiger partial charge in [0.15, 0.2) is 0 Å². The summed E-state index contributed by atoms with van der Waals surface area (Å²) in [5, 5.41) is 18.9. The summed E-state index contributed by atoms with van der Waals surface area (Å²) in [7, 11) is -3.96. The lowest BCUT2D eigenvalue weighted by atomic mass is 10.0. The zero-order valence-corrected chi connectivity index (χ0v) is 17.4. The predicted molar refractivity (Wildman–Crippen MR) is 111 cm³/mol. The van der Waals surface area contributed by atoms with Crippen LogP contribution in [0.25, 0.3) is 11.0 Å². The third-order valence-corrected chi connectivity index (χ3v) is 7.59. The van der Waals surface area contributed by atoms with E-state index < -0.39 is 27.9 Å². The molecule has 3 aromatic rings. The fraction of sp³-hybridized carbons (Fsp3) is 0.333. The molecule has 164 valence electrons. The summed E-state index contributed by atoms with van der Waals surface area (Å²) >= 11 is 0. The van der Waals surface area contributed by atoms with Crippen molar-refractivity contribution in [1.29, 1.82) is 0 Å². The quantitative estimate of drug-likeness (QED) is 0.571. The first-order valence-corrected chi connectivity index (χ1v) is 11.3. The number of hydrogen-bond donors (Lipinski definition) is 2. The van der Waals surface area contributed by atoms with E-state index in [-0.39, 0.29) is 24.5 Å². The van der Waals surface area contributed by atoms with Crippen molar-refractivity contribution in [3.8, 4) is 0 Å². The van der Waals surface area contributed by atoms with Gasteiger partial charge in [-0.05, 0) is 49.2 Å². The highest BCUT2D eigenvalue weighted by Crippen LogP contribution is 2.33. The minimum atomic E-state index is -3.96. The molecule has 1 unspecified atom stereocenters. The van der Waals surface area contributed by atoms with Gasteiger partial charge in [-0.15, -0.1) is 0 Å². The fourth-order valence-electron chi connectivity index (χ4n) is 4.30. The molecular weight excluding hydrogens is 425 g/mol. The number of pyridine rings is 1. The molecule has 0 saturated carbocycles. The second kappa shape index (κ2) is 8.37. The highest BCUT2D eigenvalue weighted by molar-refractivity contribution is 7.89. The molecule has 1 atom stereocenters. The average molecular weight is 447 g/mol. The van der Waals surface area contributed by atoms with Gasteiger partial charge >= 0.3 is 5.97 Å². The minimum Gasteiger partial charge on any atom is -0.481 e. The summed E-state index contributed by atoms with van der Waals surface area (Å²) in [6.45, 7) is -0.154. The number of sulfonamides is 1. The van der Waals surface area contributed by atoms with Crippen LogP contribution >= 0.6 is 0 Å². The number of aliphatic hydroxyl groups is 1. The Morgan fingerprint density at radius 1 is 1.26 bits per heavy atom. The number of hydrogen-bond acceptors (Lipinski definition) is 5. The van der Waals surface area contributed by atoms with Crippen molar-refractivity contribution in [1.82, 2.24) is 13.9 Å². The SMILES string of the molecule is O=C(O)Cc1c2n(c3cccnc13)CC(N(CCO)S(=O)(=O)c1ccc(F)cc1)CC2. The van der Waals surface area contributed by atoms with Crippen LogP contribution in [-0.4, -0.2) is 57.6 Å². The van der Waals surface area contributed by atoms with Crippen molar-refractivity contribution < 1.29 is 27.8 Å². The maximum Gasteiger partial charge on any atom is 0.307 e. The fourth-order valence-corrected chi connectivity index (χ4v) is 5.94. The Hall–Kier alpha value is -2.82. The van der Waals surface area contributed by atoms with Crippen molar-refractivity contribution in [3.05, 3.63) is 59.7 Å². The molecule has 1 aromatic carbocycles. The van der Waals surface area contributed by atoms with E-state index >= 15 is 0 Å². The molecule has 0 amide bonds. The van der Waals surface area contributed by atoms with Crippen LogP contribution in [0.15, 0.2) is 47.5 Å². The number of benzene rings is 1. The van der Waals surface area contributed by atoms with E-state index in [1.165, 1.54) is 16.4 Å². The van der Waals surface area contributed by atoms with Crippen LogP contribution < -0.4 is 0 Å². The largest absolute Gasteiger partial charge is 0.481 e. The molecule has 8 nitrogen and oxygen atoms in total. The Bertz CT molecular complexity index is 1220. The van der Waals surface area contributed by atoms with E-state index in [1.807, 2.05) is 10.6 Å². The zero-order chi connectivity index (χ0) is 22.2. The van der Waals surface area contributed by atoms with E-state index in [2.05, 4.69) is 4.98 Å². The van der Waals surface area contributed by atoms with Crippen molar-refractivity contribution >= 4 is 27.0 Å². The Labute approximate surface area is 178 Å². The van der Waals surface area contributed by atoms with Gasteiger partial charge in [-0.3, -0.25) is 9.78 Å². The molecule has 0 radical (unpaired) electrons. The van der Waals surface area contributed by atoms with E-state index in [1.54, 1.807) is 12.3 Å². The Morgan fingerprint density at radius 3 is 2.68 bits per heavy atom. The number of fused-ring (bicyclic) bond motifs is 3. The molecule has 2 aromatic heterocycles. The van der Waals surface area contributed by atoms with Crippen LogP contribution in [0.1, 0.15) is 17.7 Å². The van der Waals surface area contributed by atoms with Gasteiger partial charge in [-0.25, -0.2) is 12.8 Å². The molecule has 0 spiro atoms. The predicted octanol–water partition coefficient (Wildman–Crippen LogP) is 1.80. The van der Waals surface area contributed by atoms with Gasteiger partial charge in [0, 0.05) is 36.6 Å². The van der Waals surface area contributed by atoms with Crippen LogP contribution in [0.3, 0.4) is 0 Å². The first-order valence-electron chi connectivity index (χ1n) is 9.88. The van der Waals surface area contributed by atoms with Gasteiger partial charge in [0.25, 0.3) is 0 Å². The van der Waals surface area contributed by atoms with E-state index in [4.69, 9.17) is 0 Å². The lowest BCUT2D eigenvalue weighted by Gasteiger charge is -2.34. The normalized spacial score (nSPS) is 16.5. The first-order chi connectivity index (χ1) is 14.8. The lowest BCUT2D eigenvalue weighted by Crippen LogP contribution is -2.46. The second-order valence-electron chi connectivity index (χ2n) is 7.46. The molecule has 0 bridgehead atoms. The molecule has 3 heterocycles. The molecular formula is C21H22FN3O5S. The summed E-state index contributed by atoms with van der Waals surface area (Å²) in [6.07, 6.45) is 2.39. The topological polar surface area (TPSA) is 113 Å². The molecule has 31 heavy (non-hydrogen) atoms. The summed E-state index contributed by atoms with van der Waals surface area (Å²) in [5.74, 6) is -1.49. The van der Waals surface area contributed by atoms with Gasteiger partial charge < -0.3 is 14.8 Å². The number of carbonyl (C=O) groups is 1. The van der Waals surface area contributed by atoms with Crippen LogP contribution in [0, 0.1) is 5.82 Å². The summed E-state index contributed by atoms with van der Waals surface area (Å²) in [4.78, 5) is 15.7. The van der Waals surface area contributed by atoms with Crippen LogP contribution in [0.4, 0.5) is 4.39 Å². The lowest BCUT2D eigenvalue weighted by molar-refractivity contribution is -0.136. The number of rotatable bonds is 7. The van der Waals surface area contributed by atoms with Gasteiger partial charge in [0.2, 0.25) is 10.0 Å². The van der Waals surface area contributed by atoms with E-state index in [0.717, 1.165) is 23.3 Å². The van der Waals surface area contributed by atoms with Crippen molar-refractivity contribution in [2.75, 3.05) is 13.2 Å². The van der Waals surface area contributed by atoms with Crippen LogP contribution in [0.2, 0.25) is 0 Å². The molecule has 4 rings (SSSR count). The van der Waals surface area contributed by atoms with Gasteiger partial charge in [-0.1, -0.05) is 0 Å². The third kappa shape index (κ3) is 3.93. The van der Waals surface area contributed by atoms with Gasteiger partial charge in [-0.2, -0.15) is 4.31 Å². The number of carboxylic acid groups (broad SMARTS) is 1. The maximum atomic E-state index is 13.3. The standard InChI is InChI=1S/C21H22FN3O5S/c22-14-3-6-16(7-4-14)31(29,30)25(10-11-26)15-5-8-18-17(12-20(27)28)21-19(24(18)13-15)2-1-9-23-21/h1-4,6-7,9,15,26H,5,8,10-13H2,(H,27,28). The highest BCUT2D eigenvalue weighted by Gasteiger charge is 2.35. The van der Waals surface area contributed by atoms with Gasteiger partial charge in [0.05, 0.1) is 29.0 Å². The minimum absolute atomic E-state index is 0.0428. The van der Waals surface area contributed by atoms with Gasteiger partial charge in [0.1, 0.15) is 5.82 Å². The summed E-state index contributed by atoms with van der Waals surface area (Å²) in [6, 6.07) is 7.74. The van der Waals surface area contributed by atoms with Crippen molar-refractivity contribution in [2.24, 2.45) is 0 Å².